The summed E-state index contributed by atoms with van der Waals surface area (Å²) in [6, 6.07) is 6.67. The van der Waals surface area contributed by atoms with Crippen LogP contribution in [0.2, 0.25) is 0 Å². The Bertz CT molecular complexity index is 841. The Balaban J connectivity index is 2.36. The maximum absolute atomic E-state index is 11.7. The van der Waals surface area contributed by atoms with E-state index in [1.54, 1.807) is 32.4 Å². The van der Waals surface area contributed by atoms with E-state index < -0.39 is 5.63 Å². The summed E-state index contributed by atoms with van der Waals surface area (Å²) in [5.41, 5.74) is 0.341. The van der Waals surface area contributed by atoms with Crippen molar-refractivity contribution in [1.82, 2.24) is 0 Å². The zero-order chi connectivity index (χ0) is 20.7. The highest BCUT2D eigenvalue weighted by Crippen LogP contribution is 2.40. The van der Waals surface area contributed by atoms with Gasteiger partial charge in [0.25, 0.3) is 0 Å². The average molecular weight is 388 g/mol. The maximum Gasteiger partial charge on any atom is 0.339 e. The average Bonchev–Trinajstić information content (AvgIpc) is 2.65. The van der Waals surface area contributed by atoms with Gasteiger partial charge in [-0.25, -0.2) is 4.79 Å². The number of ether oxygens (including phenoxy) is 4. The number of methoxy groups -OCH3 is 2. The second-order valence-electron chi connectivity index (χ2n) is 6.61. The molecule has 0 radical (unpaired) electrons. The van der Waals surface area contributed by atoms with E-state index in [0.717, 1.165) is 12.0 Å². The van der Waals surface area contributed by atoms with E-state index in [9.17, 15) is 4.79 Å². The van der Waals surface area contributed by atoms with Crippen molar-refractivity contribution in [3.8, 4) is 23.0 Å². The Morgan fingerprint density at radius 1 is 0.964 bits per heavy atom. The summed E-state index contributed by atoms with van der Waals surface area (Å²) in [7, 11) is 3.16. The summed E-state index contributed by atoms with van der Waals surface area (Å²) < 4.78 is 27.7. The Kier molecular flexibility index (Phi) is 7.55. The third kappa shape index (κ3) is 5.81. The minimum Gasteiger partial charge on any atom is -0.493 e. The molecule has 0 saturated carbocycles. The van der Waals surface area contributed by atoms with Crippen molar-refractivity contribution in [3.05, 3.63) is 46.0 Å². The molecule has 1 aromatic heterocycles. The van der Waals surface area contributed by atoms with Gasteiger partial charge in [-0.3, -0.25) is 0 Å². The van der Waals surface area contributed by atoms with Gasteiger partial charge in [0.15, 0.2) is 11.5 Å². The Morgan fingerprint density at radius 2 is 1.61 bits per heavy atom. The van der Waals surface area contributed by atoms with Gasteiger partial charge in [-0.15, -0.1) is 0 Å². The van der Waals surface area contributed by atoms with Crippen LogP contribution in [0.25, 0.3) is 12.2 Å². The van der Waals surface area contributed by atoms with Gasteiger partial charge >= 0.3 is 5.63 Å². The second-order valence-corrected chi connectivity index (χ2v) is 6.61. The molecule has 0 N–H and O–H groups in total. The van der Waals surface area contributed by atoms with Crippen molar-refractivity contribution in [2.75, 3.05) is 14.2 Å². The van der Waals surface area contributed by atoms with Crippen LogP contribution in [0.1, 0.15) is 45.4 Å². The lowest BCUT2D eigenvalue weighted by molar-refractivity contribution is 0.198. The van der Waals surface area contributed by atoms with Gasteiger partial charge in [-0.1, -0.05) is 13.0 Å². The smallest absolute Gasteiger partial charge is 0.339 e. The highest BCUT2D eigenvalue weighted by atomic mass is 16.5. The zero-order valence-electron chi connectivity index (χ0n) is 17.3. The molecule has 0 bridgehead atoms. The van der Waals surface area contributed by atoms with E-state index in [1.165, 1.54) is 6.07 Å². The van der Waals surface area contributed by atoms with E-state index in [2.05, 4.69) is 0 Å². The predicted octanol–water partition coefficient (Wildman–Crippen LogP) is 4.79. The minimum absolute atomic E-state index is 0.0298. The fraction of sp³-hybridized carbons (Fsp3) is 0.409. The third-order valence-electron chi connectivity index (χ3n) is 3.95. The first-order valence-corrected chi connectivity index (χ1v) is 9.28. The Labute approximate surface area is 165 Å². The fourth-order valence-electron chi connectivity index (χ4n) is 2.47. The largest absolute Gasteiger partial charge is 0.493 e. The highest BCUT2D eigenvalue weighted by Gasteiger charge is 2.15. The lowest BCUT2D eigenvalue weighted by atomic mass is 10.1. The molecule has 0 amide bonds. The zero-order valence-corrected chi connectivity index (χ0v) is 17.3. The van der Waals surface area contributed by atoms with Crippen molar-refractivity contribution in [2.45, 2.75) is 46.3 Å². The molecule has 6 nitrogen and oxygen atoms in total. The molecule has 2 rings (SSSR count). The monoisotopic (exact) mass is 388 g/mol. The first-order chi connectivity index (χ1) is 13.4. The molecule has 0 aliphatic rings. The van der Waals surface area contributed by atoms with Gasteiger partial charge < -0.3 is 23.4 Å². The summed E-state index contributed by atoms with van der Waals surface area (Å²) >= 11 is 0. The standard InChI is InChI=1S/C22H28O6/c1-7-15(4)27-22-19(24-5)10-16(11-20(22)25-6)8-9-17-12-18(26-14(2)3)13-21(23)28-17/h8-15H,7H2,1-6H3. The number of hydrogen-bond donors (Lipinski definition) is 0. The van der Waals surface area contributed by atoms with E-state index in [1.807, 2.05) is 39.8 Å². The molecule has 0 saturated heterocycles. The van der Waals surface area contributed by atoms with E-state index in [0.29, 0.717) is 28.8 Å². The molecular formula is C22H28O6. The van der Waals surface area contributed by atoms with E-state index >= 15 is 0 Å². The SMILES string of the molecule is CCC(C)Oc1c(OC)cc(C=Cc2cc(OC(C)C)cc(=O)o2)cc1OC. The van der Waals surface area contributed by atoms with Crippen molar-refractivity contribution in [2.24, 2.45) is 0 Å². The van der Waals surface area contributed by atoms with E-state index in [-0.39, 0.29) is 12.2 Å². The van der Waals surface area contributed by atoms with Gasteiger partial charge in [0.2, 0.25) is 5.75 Å². The van der Waals surface area contributed by atoms with Crippen LogP contribution in [0.15, 0.2) is 33.5 Å². The first-order valence-electron chi connectivity index (χ1n) is 9.28. The van der Waals surface area contributed by atoms with Crippen LogP contribution in [-0.2, 0) is 0 Å². The third-order valence-corrected chi connectivity index (χ3v) is 3.95. The van der Waals surface area contributed by atoms with Gasteiger partial charge in [0.05, 0.1) is 32.5 Å². The summed E-state index contributed by atoms with van der Waals surface area (Å²) in [5.74, 6) is 2.56. The lowest BCUT2D eigenvalue weighted by Crippen LogP contribution is -2.11. The molecule has 1 unspecified atom stereocenters. The molecule has 6 heteroatoms. The van der Waals surface area contributed by atoms with Gasteiger partial charge in [-0.2, -0.15) is 0 Å². The Hall–Kier alpha value is -2.89. The van der Waals surface area contributed by atoms with Crippen molar-refractivity contribution < 1.29 is 23.4 Å². The molecule has 1 aromatic carbocycles. The van der Waals surface area contributed by atoms with Gasteiger partial charge in [0, 0.05) is 6.07 Å². The molecule has 152 valence electrons. The summed E-state index contributed by atoms with van der Waals surface area (Å²) in [5, 5.41) is 0. The van der Waals surface area contributed by atoms with Crippen molar-refractivity contribution in [3.63, 3.8) is 0 Å². The highest BCUT2D eigenvalue weighted by molar-refractivity contribution is 5.71. The molecule has 0 fully saturated rings. The molecule has 0 aliphatic heterocycles. The molecular weight excluding hydrogens is 360 g/mol. The van der Waals surface area contributed by atoms with Crippen LogP contribution in [0.3, 0.4) is 0 Å². The quantitative estimate of drug-likeness (QED) is 0.615. The number of benzene rings is 1. The molecule has 1 atom stereocenters. The molecule has 1 heterocycles. The van der Waals surface area contributed by atoms with E-state index in [4.69, 9.17) is 23.4 Å². The second kappa shape index (κ2) is 9.88. The van der Waals surface area contributed by atoms with Crippen LogP contribution in [0.4, 0.5) is 0 Å². The van der Waals surface area contributed by atoms with Crippen LogP contribution in [0.5, 0.6) is 23.0 Å². The molecule has 2 aromatic rings. The summed E-state index contributed by atoms with van der Waals surface area (Å²) in [6.07, 6.45) is 4.35. The number of rotatable bonds is 9. The van der Waals surface area contributed by atoms with Gasteiger partial charge in [-0.05, 0) is 51.0 Å². The van der Waals surface area contributed by atoms with Gasteiger partial charge in [0.1, 0.15) is 11.5 Å². The van der Waals surface area contributed by atoms with Crippen molar-refractivity contribution in [1.29, 1.82) is 0 Å². The Morgan fingerprint density at radius 3 is 2.14 bits per heavy atom. The first kappa shape index (κ1) is 21.4. The fourth-order valence-corrected chi connectivity index (χ4v) is 2.47. The van der Waals surface area contributed by atoms with Crippen molar-refractivity contribution >= 4 is 12.2 Å². The van der Waals surface area contributed by atoms with Crippen LogP contribution >= 0.6 is 0 Å². The summed E-state index contributed by atoms with van der Waals surface area (Å²) in [4.78, 5) is 11.7. The molecule has 28 heavy (non-hydrogen) atoms. The number of hydrogen-bond acceptors (Lipinski definition) is 6. The van der Waals surface area contributed by atoms with Crippen LogP contribution < -0.4 is 24.6 Å². The van der Waals surface area contributed by atoms with Crippen LogP contribution in [-0.4, -0.2) is 26.4 Å². The van der Waals surface area contributed by atoms with Crippen LogP contribution in [0, 0.1) is 0 Å². The lowest BCUT2D eigenvalue weighted by Gasteiger charge is -2.18. The topological polar surface area (TPSA) is 67.1 Å². The molecule has 0 spiro atoms. The normalized spacial score (nSPS) is 12.2. The molecule has 0 aliphatic carbocycles. The maximum atomic E-state index is 11.7. The predicted molar refractivity (Wildman–Crippen MR) is 110 cm³/mol. The summed E-state index contributed by atoms with van der Waals surface area (Å²) in [6.45, 7) is 7.82. The minimum atomic E-state index is -0.467.